The van der Waals surface area contributed by atoms with Gasteiger partial charge in [-0.25, -0.2) is 0 Å². The molecule has 0 saturated heterocycles. The highest BCUT2D eigenvalue weighted by Crippen LogP contribution is 2.13. The quantitative estimate of drug-likeness (QED) is 0.450. The van der Waals surface area contributed by atoms with Gasteiger partial charge in [-0.3, -0.25) is 4.90 Å². The second-order valence-corrected chi connectivity index (χ2v) is 7.70. The Balaban J connectivity index is 1.32. The smallest absolute Gasteiger partial charge is 0.119 e. The molecule has 0 heterocycles. The summed E-state index contributed by atoms with van der Waals surface area (Å²) in [5.41, 5.74) is 3.81. The number of rotatable bonds is 12. The van der Waals surface area contributed by atoms with Crippen LogP contribution in [0.3, 0.4) is 0 Å². The minimum atomic E-state index is -0.530. The number of nitrogens with zero attached hydrogens (tertiary/aromatic N) is 1. The van der Waals surface area contributed by atoms with Crippen LogP contribution in [0.1, 0.15) is 16.7 Å². The van der Waals surface area contributed by atoms with Gasteiger partial charge in [0.2, 0.25) is 0 Å². The van der Waals surface area contributed by atoms with E-state index in [1.54, 1.807) is 0 Å². The molecule has 1 atom stereocenters. The van der Waals surface area contributed by atoms with Crippen LogP contribution in [0, 0.1) is 0 Å². The summed E-state index contributed by atoms with van der Waals surface area (Å²) in [6.07, 6.45) is 0.497. The topological polar surface area (TPSA) is 44.7 Å². The summed E-state index contributed by atoms with van der Waals surface area (Å²) in [6, 6.07) is 28.8. The van der Waals surface area contributed by atoms with Crippen LogP contribution in [-0.2, 0) is 19.5 Å². The Morgan fingerprint density at radius 1 is 0.833 bits per heavy atom. The molecule has 30 heavy (non-hydrogen) atoms. The van der Waals surface area contributed by atoms with Gasteiger partial charge in [0.1, 0.15) is 18.5 Å². The number of aliphatic hydroxyl groups excluding tert-OH is 1. The molecule has 0 spiro atoms. The molecule has 0 saturated carbocycles. The second-order valence-electron chi connectivity index (χ2n) is 7.70. The molecular weight excluding hydrogens is 372 g/mol. The molecule has 3 aromatic rings. The van der Waals surface area contributed by atoms with Crippen molar-refractivity contribution in [2.75, 3.05) is 26.7 Å². The van der Waals surface area contributed by atoms with Gasteiger partial charge in [0.15, 0.2) is 0 Å². The maximum Gasteiger partial charge on any atom is 0.119 e. The molecular formula is C26H32N2O2. The molecule has 2 N–H and O–H groups in total. The van der Waals surface area contributed by atoms with Gasteiger partial charge < -0.3 is 15.2 Å². The minimum Gasteiger partial charge on any atom is -0.491 e. The first-order valence-electron chi connectivity index (χ1n) is 10.6. The van der Waals surface area contributed by atoms with Gasteiger partial charge >= 0.3 is 0 Å². The Hall–Kier alpha value is -2.66. The average molecular weight is 405 g/mol. The lowest BCUT2D eigenvalue weighted by atomic mass is 10.1. The van der Waals surface area contributed by atoms with E-state index in [9.17, 15) is 5.11 Å². The molecule has 3 rings (SSSR count). The molecule has 0 radical (unpaired) electrons. The van der Waals surface area contributed by atoms with Gasteiger partial charge in [-0.2, -0.15) is 0 Å². The van der Waals surface area contributed by atoms with Gasteiger partial charge in [0, 0.05) is 19.6 Å². The Bertz CT molecular complexity index is 838. The lowest BCUT2D eigenvalue weighted by Gasteiger charge is -2.21. The number of nitrogens with one attached hydrogen (secondary N) is 1. The van der Waals surface area contributed by atoms with Crippen molar-refractivity contribution in [3.05, 3.63) is 102 Å². The molecule has 0 aliphatic heterocycles. The largest absolute Gasteiger partial charge is 0.491 e. The first-order valence-corrected chi connectivity index (χ1v) is 10.6. The van der Waals surface area contributed by atoms with E-state index in [4.69, 9.17) is 4.74 Å². The van der Waals surface area contributed by atoms with E-state index < -0.39 is 6.10 Å². The number of likely N-dealkylation sites (N-methyl/N-ethyl adjacent to an activating group) is 1. The highest BCUT2D eigenvalue weighted by molar-refractivity contribution is 5.27. The fourth-order valence-electron chi connectivity index (χ4n) is 3.38. The Labute approximate surface area is 180 Å². The van der Waals surface area contributed by atoms with E-state index in [-0.39, 0.29) is 6.61 Å². The maximum absolute atomic E-state index is 10.3. The number of ether oxygens (including phenoxy) is 1. The molecule has 0 aliphatic rings. The predicted octanol–water partition coefficient (Wildman–Crippen LogP) is 3.89. The summed E-state index contributed by atoms with van der Waals surface area (Å²) in [4.78, 5) is 2.10. The van der Waals surface area contributed by atoms with Crippen LogP contribution in [-0.4, -0.2) is 42.9 Å². The zero-order valence-corrected chi connectivity index (χ0v) is 17.7. The summed E-state index contributed by atoms with van der Waals surface area (Å²) in [7, 11) is 2.01. The molecule has 4 heteroatoms. The minimum absolute atomic E-state index is 0.286. The van der Waals surface area contributed by atoms with E-state index in [0.29, 0.717) is 6.54 Å². The number of hydrogen-bond acceptors (Lipinski definition) is 4. The fourth-order valence-corrected chi connectivity index (χ4v) is 3.38. The SMILES string of the molecule is CN(Cc1ccccc1)CC(O)COc1ccc(CNCCc2ccccc2)cc1. The van der Waals surface area contributed by atoms with Crippen molar-refractivity contribution in [1.29, 1.82) is 0 Å². The van der Waals surface area contributed by atoms with Gasteiger partial charge in [-0.1, -0.05) is 72.8 Å². The van der Waals surface area contributed by atoms with Crippen molar-refractivity contribution in [2.45, 2.75) is 25.6 Å². The van der Waals surface area contributed by atoms with Crippen molar-refractivity contribution in [3.8, 4) is 5.75 Å². The zero-order valence-electron chi connectivity index (χ0n) is 17.7. The van der Waals surface area contributed by atoms with E-state index >= 15 is 0 Å². The summed E-state index contributed by atoms with van der Waals surface area (Å²) < 4.78 is 5.76. The van der Waals surface area contributed by atoms with Crippen LogP contribution in [0.4, 0.5) is 0 Å². The molecule has 0 amide bonds. The molecule has 0 aromatic heterocycles. The van der Waals surface area contributed by atoms with Crippen LogP contribution in [0.25, 0.3) is 0 Å². The van der Waals surface area contributed by atoms with Crippen molar-refractivity contribution >= 4 is 0 Å². The molecule has 158 valence electrons. The number of benzene rings is 3. The highest BCUT2D eigenvalue weighted by atomic mass is 16.5. The third kappa shape index (κ3) is 7.99. The Morgan fingerprint density at radius 3 is 2.13 bits per heavy atom. The van der Waals surface area contributed by atoms with Crippen LogP contribution in [0.2, 0.25) is 0 Å². The Kier molecular flexibility index (Phi) is 8.91. The monoisotopic (exact) mass is 404 g/mol. The lowest BCUT2D eigenvalue weighted by Crippen LogP contribution is -2.32. The van der Waals surface area contributed by atoms with Crippen LogP contribution >= 0.6 is 0 Å². The summed E-state index contributed by atoms with van der Waals surface area (Å²) in [5.74, 6) is 0.785. The second kappa shape index (κ2) is 12.1. The van der Waals surface area contributed by atoms with Gasteiger partial charge in [-0.15, -0.1) is 0 Å². The first-order chi connectivity index (χ1) is 14.7. The molecule has 0 fully saturated rings. The highest BCUT2D eigenvalue weighted by Gasteiger charge is 2.10. The van der Waals surface area contributed by atoms with E-state index in [1.807, 2.05) is 43.4 Å². The lowest BCUT2D eigenvalue weighted by molar-refractivity contribution is 0.0744. The normalized spacial score (nSPS) is 12.1. The third-order valence-electron chi connectivity index (χ3n) is 4.95. The zero-order chi connectivity index (χ0) is 21.0. The van der Waals surface area contributed by atoms with Crippen molar-refractivity contribution in [3.63, 3.8) is 0 Å². The standard InChI is InChI=1S/C26H32N2O2/c1-28(19-24-10-6-3-7-11-24)20-25(29)21-30-26-14-12-23(13-15-26)18-27-17-16-22-8-4-2-5-9-22/h2-15,25,27,29H,16-21H2,1H3. The maximum atomic E-state index is 10.3. The molecule has 1 unspecified atom stereocenters. The third-order valence-corrected chi connectivity index (χ3v) is 4.95. The first kappa shape index (κ1) is 22.0. The molecule has 0 bridgehead atoms. The van der Waals surface area contributed by atoms with Crippen molar-refractivity contribution < 1.29 is 9.84 Å². The van der Waals surface area contributed by atoms with Crippen LogP contribution in [0.5, 0.6) is 5.75 Å². The average Bonchev–Trinajstić information content (AvgIpc) is 2.77. The van der Waals surface area contributed by atoms with E-state index in [2.05, 4.69) is 58.7 Å². The summed E-state index contributed by atoms with van der Waals surface area (Å²) in [5, 5.41) is 13.7. The molecule has 0 aliphatic carbocycles. The van der Waals surface area contributed by atoms with Gasteiger partial charge in [0.05, 0.1) is 0 Å². The van der Waals surface area contributed by atoms with Gasteiger partial charge in [-0.05, 0) is 48.8 Å². The van der Waals surface area contributed by atoms with E-state index in [1.165, 1.54) is 16.7 Å². The summed E-state index contributed by atoms with van der Waals surface area (Å²) in [6.45, 7) is 3.45. The number of hydrogen-bond donors (Lipinski definition) is 2. The van der Waals surface area contributed by atoms with Crippen molar-refractivity contribution in [1.82, 2.24) is 10.2 Å². The predicted molar refractivity (Wildman–Crippen MR) is 123 cm³/mol. The van der Waals surface area contributed by atoms with Crippen molar-refractivity contribution in [2.24, 2.45) is 0 Å². The van der Waals surface area contributed by atoms with Crippen LogP contribution in [0.15, 0.2) is 84.9 Å². The van der Waals surface area contributed by atoms with Crippen LogP contribution < -0.4 is 10.1 Å². The fraction of sp³-hybridized carbons (Fsp3) is 0.308. The Morgan fingerprint density at radius 2 is 1.47 bits per heavy atom. The van der Waals surface area contributed by atoms with E-state index in [0.717, 1.165) is 31.8 Å². The molecule has 4 nitrogen and oxygen atoms in total. The van der Waals surface area contributed by atoms with Gasteiger partial charge in [0.25, 0.3) is 0 Å². The summed E-state index contributed by atoms with van der Waals surface area (Å²) >= 11 is 0. The number of aliphatic hydroxyl groups is 1. The molecule has 3 aromatic carbocycles.